The average molecular weight is 274 g/mol. The number of aryl methyl sites for hydroxylation is 1. The van der Waals surface area contributed by atoms with Gasteiger partial charge < -0.3 is 14.4 Å². The van der Waals surface area contributed by atoms with Crippen molar-refractivity contribution in [1.29, 1.82) is 0 Å². The number of hydrogen-bond acceptors (Lipinski definition) is 5. The van der Waals surface area contributed by atoms with Gasteiger partial charge in [0.15, 0.2) is 5.76 Å². The number of aromatic nitrogens is 2. The lowest BCUT2D eigenvalue weighted by Gasteiger charge is -2.35. The number of anilines is 1. The van der Waals surface area contributed by atoms with E-state index >= 15 is 0 Å². The van der Waals surface area contributed by atoms with E-state index < -0.39 is 0 Å². The fourth-order valence-corrected chi connectivity index (χ4v) is 2.48. The van der Waals surface area contributed by atoms with Gasteiger partial charge in [0, 0.05) is 38.3 Å². The van der Waals surface area contributed by atoms with Crippen LogP contribution in [0.4, 0.5) is 5.82 Å². The van der Waals surface area contributed by atoms with E-state index in [2.05, 4.69) is 19.9 Å². The maximum Gasteiger partial charge on any atom is 0.249 e. The number of nitrogens with one attached hydrogen (secondary N) is 1. The van der Waals surface area contributed by atoms with Crippen molar-refractivity contribution in [1.82, 2.24) is 15.0 Å². The fraction of sp³-hybridized carbons (Fsp3) is 0.429. The third-order valence-electron chi connectivity index (χ3n) is 3.52. The molecule has 3 heterocycles. The summed E-state index contributed by atoms with van der Waals surface area (Å²) in [4.78, 5) is 18.7. The lowest BCUT2D eigenvalue weighted by molar-refractivity contribution is 0.219. The normalized spacial score (nSPS) is 16.6. The molecule has 1 N–H and O–H groups in total. The summed E-state index contributed by atoms with van der Waals surface area (Å²) in [6.07, 6.45) is 0. The first kappa shape index (κ1) is 12.9. The maximum atomic E-state index is 11.3. The Morgan fingerprint density at radius 1 is 1.30 bits per heavy atom. The molecule has 2 aromatic heterocycles. The minimum atomic E-state index is -0.0536. The van der Waals surface area contributed by atoms with Crippen LogP contribution in [0, 0.1) is 6.92 Å². The molecule has 0 unspecified atom stereocenters. The standard InChI is InChI=1S/C14H18N4O2/c1-11-9-12(20-16-11)10-17-5-7-18(8-6-17)13-3-2-4-14(19)15-13/h2-4,9H,5-8,10H2,1H3,(H,15,19). The van der Waals surface area contributed by atoms with Gasteiger partial charge >= 0.3 is 0 Å². The highest BCUT2D eigenvalue weighted by Crippen LogP contribution is 2.13. The Balaban J connectivity index is 1.58. The molecule has 3 rings (SSSR count). The van der Waals surface area contributed by atoms with Gasteiger partial charge in [0.25, 0.3) is 0 Å². The summed E-state index contributed by atoms with van der Waals surface area (Å²) in [7, 11) is 0. The van der Waals surface area contributed by atoms with Crippen molar-refractivity contribution in [2.24, 2.45) is 0 Å². The van der Waals surface area contributed by atoms with Crippen molar-refractivity contribution >= 4 is 5.82 Å². The van der Waals surface area contributed by atoms with Crippen molar-refractivity contribution in [2.75, 3.05) is 31.1 Å². The first-order chi connectivity index (χ1) is 9.70. The van der Waals surface area contributed by atoms with E-state index in [0.717, 1.165) is 50.0 Å². The van der Waals surface area contributed by atoms with Crippen LogP contribution in [0.1, 0.15) is 11.5 Å². The molecular weight excluding hydrogens is 256 g/mol. The minimum Gasteiger partial charge on any atom is -0.360 e. The fourth-order valence-electron chi connectivity index (χ4n) is 2.48. The van der Waals surface area contributed by atoms with Crippen molar-refractivity contribution in [3.8, 4) is 0 Å². The predicted octanol–water partition coefficient (Wildman–Crippen LogP) is 0.994. The monoisotopic (exact) mass is 274 g/mol. The van der Waals surface area contributed by atoms with Crippen LogP contribution in [0.5, 0.6) is 0 Å². The average Bonchev–Trinajstić information content (AvgIpc) is 2.85. The first-order valence-corrected chi connectivity index (χ1v) is 6.79. The van der Waals surface area contributed by atoms with Gasteiger partial charge in [-0.1, -0.05) is 11.2 Å². The van der Waals surface area contributed by atoms with Crippen LogP contribution < -0.4 is 10.5 Å². The summed E-state index contributed by atoms with van der Waals surface area (Å²) >= 11 is 0. The summed E-state index contributed by atoms with van der Waals surface area (Å²) in [6, 6.07) is 7.24. The number of rotatable bonds is 3. The Bertz CT molecular complexity index is 626. The third-order valence-corrected chi connectivity index (χ3v) is 3.52. The van der Waals surface area contributed by atoms with Crippen LogP contribution in [0.3, 0.4) is 0 Å². The molecule has 6 heteroatoms. The Hall–Kier alpha value is -2.08. The van der Waals surface area contributed by atoms with Crippen molar-refractivity contribution in [2.45, 2.75) is 13.5 Å². The summed E-state index contributed by atoms with van der Waals surface area (Å²) in [5.74, 6) is 1.80. The molecule has 1 saturated heterocycles. The summed E-state index contributed by atoms with van der Waals surface area (Å²) in [6.45, 7) is 6.39. The summed E-state index contributed by atoms with van der Waals surface area (Å²) in [5.41, 5.74) is 0.863. The van der Waals surface area contributed by atoms with Crippen LogP contribution in [0.2, 0.25) is 0 Å². The number of aromatic amines is 1. The number of nitrogens with zero attached hydrogens (tertiary/aromatic N) is 3. The number of pyridine rings is 1. The molecule has 0 amide bonds. The van der Waals surface area contributed by atoms with E-state index in [4.69, 9.17) is 4.52 Å². The van der Waals surface area contributed by atoms with Crippen molar-refractivity contribution in [3.05, 3.63) is 46.1 Å². The Kier molecular flexibility index (Phi) is 3.56. The van der Waals surface area contributed by atoms with Gasteiger partial charge in [0.2, 0.25) is 5.56 Å². The Labute approximate surface area is 117 Å². The molecule has 20 heavy (non-hydrogen) atoms. The zero-order chi connectivity index (χ0) is 13.9. The summed E-state index contributed by atoms with van der Waals surface area (Å²) < 4.78 is 5.24. The number of piperazine rings is 1. The molecule has 0 aliphatic carbocycles. The molecule has 1 aliphatic heterocycles. The maximum absolute atomic E-state index is 11.3. The molecule has 0 saturated carbocycles. The van der Waals surface area contributed by atoms with Gasteiger partial charge in [0.1, 0.15) is 5.82 Å². The second-order valence-corrected chi connectivity index (χ2v) is 5.10. The lowest BCUT2D eigenvalue weighted by Crippen LogP contribution is -2.46. The molecule has 6 nitrogen and oxygen atoms in total. The molecular formula is C14H18N4O2. The van der Waals surface area contributed by atoms with Crippen molar-refractivity contribution < 1.29 is 4.52 Å². The van der Waals surface area contributed by atoms with Gasteiger partial charge in [-0.25, -0.2) is 0 Å². The molecule has 1 fully saturated rings. The largest absolute Gasteiger partial charge is 0.360 e. The minimum absolute atomic E-state index is 0.0536. The first-order valence-electron chi connectivity index (χ1n) is 6.79. The van der Waals surface area contributed by atoms with Crippen LogP contribution in [-0.2, 0) is 6.54 Å². The highest BCUT2D eigenvalue weighted by molar-refractivity contribution is 5.38. The van der Waals surface area contributed by atoms with Gasteiger partial charge in [-0.2, -0.15) is 0 Å². The quantitative estimate of drug-likeness (QED) is 0.904. The molecule has 0 radical (unpaired) electrons. The van der Waals surface area contributed by atoms with Crippen LogP contribution in [0.25, 0.3) is 0 Å². The smallest absolute Gasteiger partial charge is 0.249 e. The van der Waals surface area contributed by atoms with Gasteiger partial charge in [-0.05, 0) is 13.0 Å². The van der Waals surface area contributed by atoms with Crippen LogP contribution >= 0.6 is 0 Å². The molecule has 1 aliphatic rings. The Morgan fingerprint density at radius 2 is 2.10 bits per heavy atom. The van der Waals surface area contributed by atoms with Crippen LogP contribution in [-0.4, -0.2) is 41.2 Å². The van der Waals surface area contributed by atoms with Gasteiger partial charge in [-0.15, -0.1) is 0 Å². The molecule has 0 bridgehead atoms. The van der Waals surface area contributed by atoms with Crippen LogP contribution in [0.15, 0.2) is 33.6 Å². The number of H-pyrrole nitrogens is 1. The Morgan fingerprint density at radius 3 is 2.75 bits per heavy atom. The highest BCUT2D eigenvalue weighted by Gasteiger charge is 2.18. The van der Waals surface area contributed by atoms with E-state index in [1.54, 1.807) is 6.07 Å². The molecule has 0 aromatic carbocycles. The van der Waals surface area contributed by atoms with Gasteiger partial charge in [-0.3, -0.25) is 9.69 Å². The van der Waals surface area contributed by atoms with E-state index in [1.807, 2.05) is 19.1 Å². The zero-order valence-corrected chi connectivity index (χ0v) is 11.5. The highest BCUT2D eigenvalue weighted by atomic mass is 16.5. The third kappa shape index (κ3) is 2.91. The van der Waals surface area contributed by atoms with Gasteiger partial charge in [0.05, 0.1) is 12.2 Å². The second kappa shape index (κ2) is 5.50. The predicted molar refractivity (Wildman–Crippen MR) is 75.8 cm³/mol. The molecule has 0 spiro atoms. The number of hydrogen-bond donors (Lipinski definition) is 1. The second-order valence-electron chi connectivity index (χ2n) is 5.10. The lowest BCUT2D eigenvalue weighted by atomic mass is 10.3. The topological polar surface area (TPSA) is 65.4 Å². The van der Waals surface area contributed by atoms with Crippen molar-refractivity contribution in [3.63, 3.8) is 0 Å². The van der Waals surface area contributed by atoms with E-state index in [0.29, 0.717) is 0 Å². The SMILES string of the molecule is Cc1cc(CN2CCN(c3cccc(=O)[nH]3)CC2)on1. The molecule has 2 aromatic rings. The molecule has 106 valence electrons. The molecule has 0 atom stereocenters. The van der Waals surface area contributed by atoms with E-state index in [1.165, 1.54) is 6.07 Å². The van der Waals surface area contributed by atoms with E-state index in [9.17, 15) is 4.79 Å². The van der Waals surface area contributed by atoms with E-state index in [-0.39, 0.29) is 5.56 Å². The zero-order valence-electron chi connectivity index (χ0n) is 11.5. The summed E-state index contributed by atoms with van der Waals surface area (Å²) in [5, 5.41) is 3.90.